The lowest BCUT2D eigenvalue weighted by atomic mass is 9.92. The van der Waals surface area contributed by atoms with Gasteiger partial charge < -0.3 is 14.8 Å². The van der Waals surface area contributed by atoms with Crippen molar-refractivity contribution in [2.24, 2.45) is 5.92 Å². The van der Waals surface area contributed by atoms with Crippen LogP contribution >= 0.6 is 0 Å². The van der Waals surface area contributed by atoms with Crippen LogP contribution in [0.15, 0.2) is 18.2 Å². The van der Waals surface area contributed by atoms with Gasteiger partial charge in [-0.25, -0.2) is 0 Å². The standard InChI is InChI=1S/C15H23NO2/c1-5-11-9-15(11,10-16-2)12-6-7-13(17-3)14(8-12)18-4/h6-8,11,16H,5,9-10H2,1-4H3. The summed E-state index contributed by atoms with van der Waals surface area (Å²) in [6.07, 6.45) is 2.50. The van der Waals surface area contributed by atoms with Crippen molar-refractivity contribution < 1.29 is 9.47 Å². The first kappa shape index (κ1) is 13.2. The topological polar surface area (TPSA) is 30.5 Å². The summed E-state index contributed by atoms with van der Waals surface area (Å²) in [6, 6.07) is 6.32. The van der Waals surface area contributed by atoms with Crippen LogP contribution in [0.4, 0.5) is 0 Å². The average Bonchev–Trinajstić information content (AvgIpc) is 3.13. The van der Waals surface area contributed by atoms with E-state index in [-0.39, 0.29) is 0 Å². The molecule has 1 aliphatic rings. The lowest BCUT2D eigenvalue weighted by Crippen LogP contribution is -2.25. The van der Waals surface area contributed by atoms with E-state index >= 15 is 0 Å². The Labute approximate surface area is 109 Å². The van der Waals surface area contributed by atoms with E-state index in [0.717, 1.165) is 24.0 Å². The van der Waals surface area contributed by atoms with Crippen LogP contribution in [0.1, 0.15) is 25.3 Å². The van der Waals surface area contributed by atoms with Crippen molar-refractivity contribution >= 4 is 0 Å². The third kappa shape index (κ3) is 2.07. The molecule has 0 spiro atoms. The van der Waals surface area contributed by atoms with Crippen molar-refractivity contribution in [1.82, 2.24) is 5.32 Å². The fourth-order valence-electron chi connectivity index (χ4n) is 3.05. The Balaban J connectivity index is 2.32. The minimum absolute atomic E-state index is 0.295. The molecule has 1 fully saturated rings. The van der Waals surface area contributed by atoms with Gasteiger partial charge in [-0.15, -0.1) is 0 Å². The monoisotopic (exact) mass is 249 g/mol. The Hall–Kier alpha value is -1.22. The van der Waals surface area contributed by atoms with Gasteiger partial charge in [-0.2, -0.15) is 0 Å². The summed E-state index contributed by atoms with van der Waals surface area (Å²) in [4.78, 5) is 0. The zero-order valence-corrected chi connectivity index (χ0v) is 11.7. The number of rotatable bonds is 6. The molecule has 1 saturated carbocycles. The van der Waals surface area contributed by atoms with E-state index in [0.29, 0.717) is 5.41 Å². The van der Waals surface area contributed by atoms with Crippen LogP contribution in [0.3, 0.4) is 0 Å². The molecule has 18 heavy (non-hydrogen) atoms. The summed E-state index contributed by atoms with van der Waals surface area (Å²) in [7, 11) is 5.39. The molecule has 1 aliphatic carbocycles. The maximum Gasteiger partial charge on any atom is 0.161 e. The molecule has 1 aromatic rings. The fraction of sp³-hybridized carbons (Fsp3) is 0.600. The molecule has 100 valence electrons. The van der Waals surface area contributed by atoms with Gasteiger partial charge in [-0.05, 0) is 37.1 Å². The van der Waals surface area contributed by atoms with Crippen molar-refractivity contribution in [3.63, 3.8) is 0 Å². The highest BCUT2D eigenvalue weighted by molar-refractivity contribution is 5.47. The van der Waals surface area contributed by atoms with E-state index in [1.165, 1.54) is 18.4 Å². The van der Waals surface area contributed by atoms with E-state index in [9.17, 15) is 0 Å². The van der Waals surface area contributed by atoms with Gasteiger partial charge in [0.15, 0.2) is 11.5 Å². The number of nitrogens with one attached hydrogen (secondary N) is 1. The predicted octanol–water partition coefficient (Wildman–Crippen LogP) is 2.59. The van der Waals surface area contributed by atoms with E-state index < -0.39 is 0 Å². The van der Waals surface area contributed by atoms with E-state index in [1.807, 2.05) is 13.1 Å². The second kappa shape index (κ2) is 5.19. The molecule has 3 nitrogen and oxygen atoms in total. The summed E-state index contributed by atoms with van der Waals surface area (Å²) in [5, 5.41) is 3.33. The lowest BCUT2D eigenvalue weighted by molar-refractivity contribution is 0.353. The van der Waals surface area contributed by atoms with Crippen LogP contribution < -0.4 is 14.8 Å². The van der Waals surface area contributed by atoms with Crippen LogP contribution in [0.2, 0.25) is 0 Å². The van der Waals surface area contributed by atoms with Gasteiger partial charge in [0.2, 0.25) is 0 Å². The molecular weight excluding hydrogens is 226 g/mol. The van der Waals surface area contributed by atoms with Crippen LogP contribution in [-0.4, -0.2) is 27.8 Å². The summed E-state index contributed by atoms with van der Waals surface area (Å²) in [6.45, 7) is 3.30. The zero-order valence-electron chi connectivity index (χ0n) is 11.7. The number of ether oxygens (including phenoxy) is 2. The molecule has 2 unspecified atom stereocenters. The van der Waals surface area contributed by atoms with Crippen molar-refractivity contribution in [3.8, 4) is 11.5 Å². The number of likely N-dealkylation sites (N-methyl/N-ethyl adjacent to an activating group) is 1. The Bertz CT molecular complexity index is 419. The van der Waals surface area contributed by atoms with Gasteiger partial charge in [0, 0.05) is 12.0 Å². The van der Waals surface area contributed by atoms with Crippen molar-refractivity contribution in [1.29, 1.82) is 0 Å². The largest absolute Gasteiger partial charge is 0.493 e. The first-order valence-corrected chi connectivity index (χ1v) is 6.59. The lowest BCUT2D eigenvalue weighted by Gasteiger charge is -2.19. The molecule has 0 bridgehead atoms. The SMILES string of the molecule is CCC1CC1(CNC)c1ccc(OC)c(OC)c1. The fourth-order valence-corrected chi connectivity index (χ4v) is 3.05. The third-order valence-corrected chi connectivity index (χ3v) is 4.18. The summed E-state index contributed by atoms with van der Waals surface area (Å²) < 4.78 is 10.7. The number of benzene rings is 1. The Kier molecular flexibility index (Phi) is 3.81. The molecule has 0 aromatic heterocycles. The first-order chi connectivity index (χ1) is 8.71. The van der Waals surface area contributed by atoms with Gasteiger partial charge in [-0.1, -0.05) is 19.4 Å². The first-order valence-electron chi connectivity index (χ1n) is 6.59. The molecule has 3 heteroatoms. The summed E-state index contributed by atoms with van der Waals surface area (Å²) >= 11 is 0. The number of hydrogen-bond donors (Lipinski definition) is 1. The van der Waals surface area contributed by atoms with Crippen LogP contribution in [0.25, 0.3) is 0 Å². The molecular formula is C15H23NO2. The molecule has 0 saturated heterocycles. The quantitative estimate of drug-likeness (QED) is 0.840. The highest BCUT2D eigenvalue weighted by atomic mass is 16.5. The second-order valence-corrected chi connectivity index (χ2v) is 5.07. The average molecular weight is 249 g/mol. The molecule has 0 heterocycles. The van der Waals surface area contributed by atoms with E-state index in [1.54, 1.807) is 14.2 Å². The molecule has 0 radical (unpaired) electrons. The number of methoxy groups -OCH3 is 2. The second-order valence-electron chi connectivity index (χ2n) is 5.07. The predicted molar refractivity (Wildman–Crippen MR) is 73.5 cm³/mol. The molecule has 2 atom stereocenters. The van der Waals surface area contributed by atoms with Gasteiger partial charge >= 0.3 is 0 Å². The summed E-state index contributed by atoms with van der Waals surface area (Å²) in [5.41, 5.74) is 1.66. The zero-order chi connectivity index (χ0) is 13.2. The Morgan fingerprint density at radius 3 is 2.50 bits per heavy atom. The Morgan fingerprint density at radius 1 is 1.28 bits per heavy atom. The van der Waals surface area contributed by atoms with E-state index in [4.69, 9.17) is 9.47 Å². The molecule has 0 aliphatic heterocycles. The number of hydrogen-bond acceptors (Lipinski definition) is 3. The van der Waals surface area contributed by atoms with Crippen molar-refractivity contribution in [2.75, 3.05) is 27.8 Å². The smallest absolute Gasteiger partial charge is 0.161 e. The van der Waals surface area contributed by atoms with Gasteiger partial charge in [-0.3, -0.25) is 0 Å². The molecule has 2 rings (SSSR count). The third-order valence-electron chi connectivity index (χ3n) is 4.18. The van der Waals surface area contributed by atoms with E-state index in [2.05, 4.69) is 24.4 Å². The maximum atomic E-state index is 5.40. The maximum absolute atomic E-state index is 5.40. The molecule has 1 N–H and O–H groups in total. The molecule has 1 aromatic carbocycles. The van der Waals surface area contributed by atoms with Gasteiger partial charge in [0.25, 0.3) is 0 Å². The minimum Gasteiger partial charge on any atom is -0.493 e. The van der Waals surface area contributed by atoms with Crippen molar-refractivity contribution in [3.05, 3.63) is 23.8 Å². The van der Waals surface area contributed by atoms with Gasteiger partial charge in [0.1, 0.15) is 0 Å². The van der Waals surface area contributed by atoms with Gasteiger partial charge in [0.05, 0.1) is 14.2 Å². The highest BCUT2D eigenvalue weighted by Gasteiger charge is 2.53. The van der Waals surface area contributed by atoms with Crippen LogP contribution in [-0.2, 0) is 5.41 Å². The Morgan fingerprint density at radius 2 is 2.00 bits per heavy atom. The normalized spacial score (nSPS) is 25.9. The summed E-state index contributed by atoms with van der Waals surface area (Å²) in [5.74, 6) is 2.41. The molecule has 0 amide bonds. The van der Waals surface area contributed by atoms with Crippen LogP contribution in [0, 0.1) is 5.92 Å². The van der Waals surface area contributed by atoms with Crippen LogP contribution in [0.5, 0.6) is 11.5 Å². The minimum atomic E-state index is 0.295. The van der Waals surface area contributed by atoms with Crippen molar-refractivity contribution in [2.45, 2.75) is 25.2 Å². The highest BCUT2D eigenvalue weighted by Crippen LogP contribution is 2.56.